The molecule has 2 aromatic carbocycles. The highest BCUT2D eigenvalue weighted by molar-refractivity contribution is 7.13. The number of benzene rings is 2. The molecule has 0 aliphatic heterocycles. The summed E-state index contributed by atoms with van der Waals surface area (Å²) >= 11 is 7.65. The minimum absolute atomic E-state index is 0.149. The Kier molecular flexibility index (Phi) is 5.92. The van der Waals surface area contributed by atoms with Crippen molar-refractivity contribution < 1.29 is 9.18 Å². The average molecular weight is 441 g/mol. The summed E-state index contributed by atoms with van der Waals surface area (Å²) in [5.41, 5.74) is 2.62. The van der Waals surface area contributed by atoms with Crippen LogP contribution in [0.15, 0.2) is 60.2 Å². The summed E-state index contributed by atoms with van der Waals surface area (Å²) in [6.45, 7) is 2.05. The van der Waals surface area contributed by atoms with Crippen molar-refractivity contribution in [2.75, 3.05) is 0 Å². The van der Waals surface area contributed by atoms with Crippen LogP contribution in [0.25, 0.3) is 16.3 Å². The number of rotatable bonds is 6. The van der Waals surface area contributed by atoms with Gasteiger partial charge in [-0.1, -0.05) is 35.9 Å². The first kappa shape index (κ1) is 20.3. The Morgan fingerprint density at radius 1 is 1.27 bits per heavy atom. The zero-order chi connectivity index (χ0) is 21.1. The zero-order valence-corrected chi connectivity index (χ0v) is 17.7. The second kappa shape index (κ2) is 8.77. The van der Waals surface area contributed by atoms with Crippen LogP contribution in [0.4, 0.5) is 4.39 Å². The fourth-order valence-electron chi connectivity index (χ4n) is 3.06. The van der Waals surface area contributed by atoms with Crippen LogP contribution < -0.4 is 5.32 Å². The third-order valence-electron chi connectivity index (χ3n) is 4.58. The lowest BCUT2D eigenvalue weighted by atomic mass is 10.2. The van der Waals surface area contributed by atoms with Crippen molar-refractivity contribution in [1.29, 1.82) is 0 Å². The molecular formula is C22H18ClFN4OS. The highest BCUT2D eigenvalue weighted by Crippen LogP contribution is 2.30. The number of hydrogen-bond acceptors (Lipinski definition) is 4. The van der Waals surface area contributed by atoms with Gasteiger partial charge in [0.1, 0.15) is 16.6 Å². The van der Waals surface area contributed by atoms with E-state index in [2.05, 4.69) is 15.3 Å². The van der Waals surface area contributed by atoms with E-state index in [1.54, 1.807) is 29.1 Å². The summed E-state index contributed by atoms with van der Waals surface area (Å²) in [5, 5.41) is 6.06. The van der Waals surface area contributed by atoms with Gasteiger partial charge in [0.2, 0.25) is 5.91 Å². The van der Waals surface area contributed by atoms with Gasteiger partial charge in [-0.2, -0.15) is 0 Å². The number of aromatic nitrogens is 3. The van der Waals surface area contributed by atoms with E-state index in [4.69, 9.17) is 11.6 Å². The molecule has 0 aliphatic carbocycles. The topological polar surface area (TPSA) is 59.8 Å². The summed E-state index contributed by atoms with van der Waals surface area (Å²) in [6.07, 6.45) is 3.48. The third kappa shape index (κ3) is 4.42. The zero-order valence-electron chi connectivity index (χ0n) is 16.1. The van der Waals surface area contributed by atoms with E-state index in [0.29, 0.717) is 27.8 Å². The van der Waals surface area contributed by atoms with Crippen molar-refractivity contribution in [1.82, 2.24) is 19.9 Å². The van der Waals surface area contributed by atoms with Gasteiger partial charge in [-0.05, 0) is 30.7 Å². The van der Waals surface area contributed by atoms with E-state index in [1.165, 1.54) is 17.4 Å². The van der Waals surface area contributed by atoms with E-state index in [-0.39, 0.29) is 24.7 Å². The number of carbonyl (C=O) groups excluding carboxylic acids is 1. The van der Waals surface area contributed by atoms with Gasteiger partial charge in [0.05, 0.1) is 22.8 Å². The first-order valence-corrected chi connectivity index (χ1v) is 10.5. The van der Waals surface area contributed by atoms with Gasteiger partial charge in [-0.15, -0.1) is 11.3 Å². The lowest BCUT2D eigenvalue weighted by molar-refractivity contribution is -0.120. The molecule has 0 unspecified atom stereocenters. The number of carbonyl (C=O) groups is 1. The van der Waals surface area contributed by atoms with Crippen LogP contribution in [0.1, 0.15) is 17.1 Å². The SMILES string of the molecule is Cc1nccn1-c1ccc(CNC(=O)Cc2csc(-c3ccccc3Cl)n2)cc1F. The second-order valence-corrected chi connectivity index (χ2v) is 7.97. The van der Waals surface area contributed by atoms with Crippen molar-refractivity contribution in [2.45, 2.75) is 19.9 Å². The normalized spacial score (nSPS) is 10.9. The van der Waals surface area contributed by atoms with Crippen LogP contribution in [0.3, 0.4) is 0 Å². The molecule has 0 bridgehead atoms. The van der Waals surface area contributed by atoms with Crippen LogP contribution in [0.2, 0.25) is 5.02 Å². The molecule has 152 valence electrons. The molecule has 0 aliphatic rings. The average Bonchev–Trinajstić information content (AvgIpc) is 3.36. The maximum Gasteiger partial charge on any atom is 0.226 e. The number of nitrogens with zero attached hydrogens (tertiary/aromatic N) is 3. The quantitative estimate of drug-likeness (QED) is 0.461. The van der Waals surface area contributed by atoms with E-state index in [1.807, 2.05) is 36.6 Å². The fraction of sp³-hybridized carbons (Fsp3) is 0.136. The Hall–Kier alpha value is -3.03. The standard InChI is InChI=1S/C22H18ClFN4OS/c1-14-25-8-9-28(14)20-7-6-15(10-19(20)24)12-26-21(29)11-16-13-30-22(27-16)17-4-2-3-5-18(17)23/h2-10,13H,11-12H2,1H3,(H,26,29). The van der Waals surface area contributed by atoms with Crippen molar-refractivity contribution in [3.63, 3.8) is 0 Å². The molecule has 4 aromatic rings. The molecule has 1 N–H and O–H groups in total. The number of nitrogens with one attached hydrogen (secondary N) is 1. The molecule has 2 heterocycles. The molecule has 8 heteroatoms. The highest BCUT2D eigenvalue weighted by atomic mass is 35.5. The monoisotopic (exact) mass is 440 g/mol. The molecule has 0 fully saturated rings. The van der Waals surface area contributed by atoms with E-state index >= 15 is 0 Å². The number of aryl methyl sites for hydroxylation is 1. The molecule has 0 saturated carbocycles. The lowest BCUT2D eigenvalue weighted by Gasteiger charge is -2.09. The number of thiazole rings is 1. The van der Waals surface area contributed by atoms with E-state index in [9.17, 15) is 9.18 Å². The molecule has 0 saturated heterocycles. The van der Waals surface area contributed by atoms with Gasteiger partial charge in [0, 0.05) is 29.9 Å². The Labute approximate surface area is 182 Å². The first-order valence-electron chi connectivity index (χ1n) is 9.26. The first-order chi connectivity index (χ1) is 14.5. The molecule has 30 heavy (non-hydrogen) atoms. The van der Waals surface area contributed by atoms with Gasteiger partial charge in [0.15, 0.2) is 0 Å². The predicted molar refractivity (Wildman–Crippen MR) is 116 cm³/mol. The molecule has 0 atom stereocenters. The molecule has 0 radical (unpaired) electrons. The Balaban J connectivity index is 1.37. The van der Waals surface area contributed by atoms with E-state index < -0.39 is 0 Å². The van der Waals surface area contributed by atoms with Crippen LogP contribution in [0, 0.1) is 12.7 Å². The highest BCUT2D eigenvalue weighted by Gasteiger charge is 2.12. The van der Waals surface area contributed by atoms with Crippen LogP contribution in [-0.4, -0.2) is 20.4 Å². The molecule has 4 rings (SSSR count). The molecule has 5 nitrogen and oxygen atoms in total. The number of hydrogen-bond donors (Lipinski definition) is 1. The molecule has 1 amide bonds. The van der Waals surface area contributed by atoms with Gasteiger partial charge in [-0.3, -0.25) is 4.79 Å². The second-order valence-electron chi connectivity index (χ2n) is 6.71. The summed E-state index contributed by atoms with van der Waals surface area (Å²) < 4.78 is 16.2. The van der Waals surface area contributed by atoms with Crippen molar-refractivity contribution >= 4 is 28.8 Å². The van der Waals surface area contributed by atoms with Gasteiger partial charge in [0.25, 0.3) is 0 Å². The fourth-order valence-corrected chi connectivity index (χ4v) is 4.20. The smallest absolute Gasteiger partial charge is 0.226 e. The van der Waals surface area contributed by atoms with Crippen molar-refractivity contribution in [3.8, 4) is 16.3 Å². The van der Waals surface area contributed by atoms with Gasteiger partial charge < -0.3 is 9.88 Å². The summed E-state index contributed by atoms with van der Waals surface area (Å²) in [4.78, 5) is 20.9. The largest absolute Gasteiger partial charge is 0.352 e. The van der Waals surface area contributed by atoms with Crippen LogP contribution >= 0.6 is 22.9 Å². The van der Waals surface area contributed by atoms with Gasteiger partial charge >= 0.3 is 0 Å². The number of halogens is 2. The Morgan fingerprint density at radius 3 is 2.83 bits per heavy atom. The van der Waals surface area contributed by atoms with Crippen molar-refractivity contribution in [3.05, 3.63) is 88.2 Å². The maximum atomic E-state index is 14.5. The van der Waals surface area contributed by atoms with Crippen LogP contribution in [-0.2, 0) is 17.8 Å². The summed E-state index contributed by atoms with van der Waals surface area (Å²) in [7, 11) is 0. The van der Waals surface area contributed by atoms with Gasteiger partial charge in [-0.25, -0.2) is 14.4 Å². The Morgan fingerprint density at radius 2 is 2.10 bits per heavy atom. The lowest BCUT2D eigenvalue weighted by Crippen LogP contribution is -2.24. The molecule has 0 spiro atoms. The number of imidazole rings is 1. The van der Waals surface area contributed by atoms with Crippen LogP contribution in [0.5, 0.6) is 0 Å². The van der Waals surface area contributed by atoms with Crippen molar-refractivity contribution in [2.24, 2.45) is 0 Å². The molecule has 2 aromatic heterocycles. The summed E-state index contributed by atoms with van der Waals surface area (Å²) in [5.74, 6) is 0.155. The van der Waals surface area contributed by atoms with E-state index in [0.717, 1.165) is 10.6 Å². The molecular weight excluding hydrogens is 423 g/mol. The third-order valence-corrected chi connectivity index (χ3v) is 5.84. The summed E-state index contributed by atoms with van der Waals surface area (Å²) in [6, 6.07) is 12.4. The maximum absolute atomic E-state index is 14.5. The predicted octanol–water partition coefficient (Wildman–Crippen LogP) is 4.96. The number of amides is 1. The minimum Gasteiger partial charge on any atom is -0.352 e. The minimum atomic E-state index is -0.369. The Bertz CT molecular complexity index is 1200.